The van der Waals surface area contributed by atoms with Gasteiger partial charge in [0.25, 0.3) is 0 Å². The predicted molar refractivity (Wildman–Crippen MR) is 69.5 cm³/mol. The Morgan fingerprint density at radius 3 is 2.50 bits per heavy atom. The van der Waals surface area contributed by atoms with Gasteiger partial charge in [0.15, 0.2) is 0 Å². The van der Waals surface area contributed by atoms with E-state index >= 15 is 0 Å². The van der Waals surface area contributed by atoms with Gasteiger partial charge in [0, 0.05) is 12.6 Å². The Morgan fingerprint density at radius 1 is 1.28 bits per heavy atom. The minimum absolute atomic E-state index is 0.134. The number of hydrogen-bond acceptors (Lipinski definition) is 2. The van der Waals surface area contributed by atoms with Gasteiger partial charge < -0.3 is 15.3 Å². The molecule has 2 amide bonds. The molecule has 1 aliphatic rings. The number of hydrogen-bond donors (Lipinski definition) is 2. The summed E-state index contributed by atoms with van der Waals surface area (Å²) in [5.74, 6) is -0.892. The van der Waals surface area contributed by atoms with Crippen molar-refractivity contribution >= 4 is 12.0 Å². The molecule has 1 rings (SSSR count). The molecule has 18 heavy (non-hydrogen) atoms. The molecule has 1 fully saturated rings. The fraction of sp³-hybridized carbons (Fsp3) is 0.846. The number of carbonyl (C=O) groups is 2. The summed E-state index contributed by atoms with van der Waals surface area (Å²) in [4.78, 5) is 24.9. The first-order valence-corrected chi connectivity index (χ1v) is 6.90. The van der Waals surface area contributed by atoms with Gasteiger partial charge in [-0.05, 0) is 25.7 Å². The van der Waals surface area contributed by atoms with Crippen LogP contribution in [0, 0.1) is 0 Å². The molecule has 2 N–H and O–H groups in total. The van der Waals surface area contributed by atoms with Crippen LogP contribution in [0.25, 0.3) is 0 Å². The molecular formula is C13H24N2O3. The number of amides is 2. The second-order valence-electron chi connectivity index (χ2n) is 4.86. The fourth-order valence-electron chi connectivity index (χ4n) is 2.36. The third-order valence-electron chi connectivity index (χ3n) is 3.61. The molecule has 0 spiro atoms. The minimum Gasteiger partial charge on any atom is -0.480 e. The Labute approximate surface area is 109 Å². The van der Waals surface area contributed by atoms with Crippen LogP contribution in [0.3, 0.4) is 0 Å². The summed E-state index contributed by atoms with van der Waals surface area (Å²) in [6, 6.07) is -0.755. The summed E-state index contributed by atoms with van der Waals surface area (Å²) < 4.78 is 0. The summed E-state index contributed by atoms with van der Waals surface area (Å²) >= 11 is 0. The SMILES string of the molecule is CCC(CC)NC(=O)N1CCCCCC1C(=O)O. The van der Waals surface area contributed by atoms with Gasteiger partial charge in [-0.25, -0.2) is 9.59 Å². The second-order valence-corrected chi connectivity index (χ2v) is 4.86. The number of rotatable bonds is 4. The number of carboxylic acids is 1. The van der Waals surface area contributed by atoms with Crippen molar-refractivity contribution in [2.24, 2.45) is 0 Å². The first-order valence-electron chi connectivity index (χ1n) is 6.90. The average Bonchev–Trinajstić information content (AvgIpc) is 2.61. The van der Waals surface area contributed by atoms with Crippen LogP contribution >= 0.6 is 0 Å². The molecule has 1 unspecified atom stereocenters. The van der Waals surface area contributed by atoms with E-state index in [1.165, 1.54) is 4.90 Å². The molecule has 0 radical (unpaired) electrons. The summed E-state index contributed by atoms with van der Waals surface area (Å²) in [6.07, 6.45) is 5.07. The van der Waals surface area contributed by atoms with E-state index in [1.54, 1.807) is 0 Å². The minimum atomic E-state index is -0.892. The number of likely N-dealkylation sites (tertiary alicyclic amines) is 1. The second kappa shape index (κ2) is 7.24. The fourth-order valence-corrected chi connectivity index (χ4v) is 2.36. The van der Waals surface area contributed by atoms with Crippen LogP contribution in [0.15, 0.2) is 0 Å². The molecule has 0 aromatic heterocycles. The quantitative estimate of drug-likeness (QED) is 0.810. The molecule has 1 aliphatic heterocycles. The van der Waals surface area contributed by atoms with Crippen molar-refractivity contribution in [1.29, 1.82) is 0 Å². The molecule has 1 atom stereocenters. The van der Waals surface area contributed by atoms with Crippen molar-refractivity contribution in [3.63, 3.8) is 0 Å². The standard InChI is InChI=1S/C13H24N2O3/c1-3-10(4-2)14-13(18)15-9-7-5-6-8-11(15)12(16)17/h10-11H,3-9H2,1-2H3,(H,14,18)(H,16,17). The molecule has 1 saturated heterocycles. The van der Waals surface area contributed by atoms with Crippen LogP contribution in [0.2, 0.25) is 0 Å². The smallest absolute Gasteiger partial charge is 0.326 e. The maximum absolute atomic E-state index is 12.1. The zero-order valence-electron chi connectivity index (χ0n) is 11.3. The summed E-state index contributed by atoms with van der Waals surface area (Å²) in [5, 5.41) is 12.1. The summed E-state index contributed by atoms with van der Waals surface area (Å²) in [7, 11) is 0. The van der Waals surface area contributed by atoms with Crippen molar-refractivity contribution in [3.05, 3.63) is 0 Å². The molecule has 104 valence electrons. The van der Waals surface area contributed by atoms with Crippen LogP contribution in [0.1, 0.15) is 52.4 Å². The Hall–Kier alpha value is -1.26. The lowest BCUT2D eigenvalue weighted by molar-refractivity contribution is -0.142. The van der Waals surface area contributed by atoms with Crippen molar-refractivity contribution in [2.75, 3.05) is 6.54 Å². The van der Waals surface area contributed by atoms with Gasteiger partial charge in [-0.1, -0.05) is 26.7 Å². The zero-order valence-corrected chi connectivity index (χ0v) is 11.3. The molecular weight excluding hydrogens is 232 g/mol. The number of urea groups is 1. The van der Waals surface area contributed by atoms with Gasteiger partial charge in [0.1, 0.15) is 6.04 Å². The third kappa shape index (κ3) is 3.89. The van der Waals surface area contributed by atoms with Crippen molar-refractivity contribution in [1.82, 2.24) is 10.2 Å². The van der Waals surface area contributed by atoms with Crippen molar-refractivity contribution in [2.45, 2.75) is 64.5 Å². The zero-order chi connectivity index (χ0) is 13.5. The van der Waals surface area contributed by atoms with Gasteiger partial charge >= 0.3 is 12.0 Å². The van der Waals surface area contributed by atoms with E-state index in [2.05, 4.69) is 5.32 Å². The molecule has 5 heteroatoms. The third-order valence-corrected chi connectivity index (χ3v) is 3.61. The van der Waals surface area contributed by atoms with Crippen LogP contribution in [-0.2, 0) is 4.79 Å². The lowest BCUT2D eigenvalue weighted by Crippen LogP contribution is -2.51. The summed E-state index contributed by atoms with van der Waals surface area (Å²) in [5.41, 5.74) is 0. The molecule has 5 nitrogen and oxygen atoms in total. The molecule has 0 aromatic carbocycles. The lowest BCUT2D eigenvalue weighted by atomic mass is 10.1. The molecule has 1 heterocycles. The van der Waals surface area contributed by atoms with Crippen molar-refractivity contribution in [3.8, 4) is 0 Å². The Kier molecular flexibility index (Phi) is 5.95. The van der Waals surface area contributed by atoms with Gasteiger partial charge in [-0.15, -0.1) is 0 Å². The van der Waals surface area contributed by atoms with Crippen molar-refractivity contribution < 1.29 is 14.7 Å². The first kappa shape index (κ1) is 14.8. The average molecular weight is 256 g/mol. The number of aliphatic carboxylic acids is 1. The van der Waals surface area contributed by atoms with E-state index in [0.717, 1.165) is 32.1 Å². The van der Waals surface area contributed by atoms with E-state index in [9.17, 15) is 14.7 Å². The largest absolute Gasteiger partial charge is 0.480 e. The topological polar surface area (TPSA) is 69.6 Å². The maximum atomic E-state index is 12.1. The van der Waals surface area contributed by atoms with E-state index in [0.29, 0.717) is 13.0 Å². The van der Waals surface area contributed by atoms with Crippen LogP contribution in [0.4, 0.5) is 4.79 Å². The van der Waals surface area contributed by atoms with Crippen LogP contribution in [-0.4, -0.2) is 40.6 Å². The summed E-state index contributed by atoms with van der Waals surface area (Å²) in [6.45, 7) is 4.58. The number of carbonyl (C=O) groups excluding carboxylic acids is 1. The lowest BCUT2D eigenvalue weighted by Gasteiger charge is -2.29. The number of nitrogens with zero attached hydrogens (tertiary/aromatic N) is 1. The monoisotopic (exact) mass is 256 g/mol. The highest BCUT2D eigenvalue weighted by Crippen LogP contribution is 2.17. The Morgan fingerprint density at radius 2 is 1.94 bits per heavy atom. The van der Waals surface area contributed by atoms with E-state index in [1.807, 2.05) is 13.8 Å². The van der Waals surface area contributed by atoms with Gasteiger partial charge in [0.2, 0.25) is 0 Å². The van der Waals surface area contributed by atoms with Crippen LogP contribution in [0.5, 0.6) is 0 Å². The van der Waals surface area contributed by atoms with Gasteiger partial charge in [-0.2, -0.15) is 0 Å². The maximum Gasteiger partial charge on any atom is 0.326 e. The Bertz CT molecular complexity index is 290. The number of carboxylic acid groups (broad SMARTS) is 1. The van der Waals surface area contributed by atoms with Crippen LogP contribution < -0.4 is 5.32 Å². The van der Waals surface area contributed by atoms with E-state index in [-0.39, 0.29) is 12.1 Å². The highest BCUT2D eigenvalue weighted by Gasteiger charge is 2.31. The molecule has 0 aliphatic carbocycles. The predicted octanol–water partition coefficient (Wildman–Crippen LogP) is 2.21. The highest BCUT2D eigenvalue weighted by molar-refractivity contribution is 5.82. The Balaban J connectivity index is 2.69. The first-order chi connectivity index (χ1) is 8.60. The van der Waals surface area contributed by atoms with Gasteiger partial charge in [-0.3, -0.25) is 0 Å². The van der Waals surface area contributed by atoms with E-state index < -0.39 is 12.0 Å². The highest BCUT2D eigenvalue weighted by atomic mass is 16.4. The number of nitrogens with one attached hydrogen (secondary N) is 1. The normalized spacial score (nSPS) is 20.6. The molecule has 0 aromatic rings. The van der Waals surface area contributed by atoms with Gasteiger partial charge in [0.05, 0.1) is 0 Å². The van der Waals surface area contributed by atoms with E-state index in [4.69, 9.17) is 0 Å². The molecule has 0 saturated carbocycles. The molecule has 0 bridgehead atoms.